The number of carbonyl (C=O) groups excluding carboxylic acids is 1. The summed E-state index contributed by atoms with van der Waals surface area (Å²) < 4.78 is 13.8. The number of hydrogen-bond donors (Lipinski definition) is 0. The molecule has 64 valence electrons. The van der Waals surface area contributed by atoms with E-state index in [2.05, 4.69) is 20.9 Å². The molecule has 0 fully saturated rings. The summed E-state index contributed by atoms with van der Waals surface area (Å²) in [5, 5.41) is 0. The Morgan fingerprint density at radius 2 is 2.25 bits per heavy atom. The van der Waals surface area contributed by atoms with Crippen molar-refractivity contribution in [2.45, 2.75) is 13.8 Å². The van der Waals surface area contributed by atoms with Gasteiger partial charge in [0.25, 0.3) is 0 Å². The number of Topliss-reactive ketones (excluding diaryl/α,β-unsaturated/α-hetero) is 1. The maximum Gasteiger partial charge on any atom is 0.181 e. The zero-order valence-corrected chi connectivity index (χ0v) is 8.27. The highest BCUT2D eigenvalue weighted by molar-refractivity contribution is 9.10. The fraction of sp³-hybridized carbons (Fsp3) is 0.250. The van der Waals surface area contributed by atoms with Crippen LogP contribution in [0.5, 0.6) is 0 Å². The largest absolute Gasteiger partial charge is 0.293 e. The molecule has 0 N–H and O–H groups in total. The van der Waals surface area contributed by atoms with Gasteiger partial charge in [-0.2, -0.15) is 0 Å². The third-order valence-corrected chi connectivity index (χ3v) is 2.34. The average molecular weight is 232 g/mol. The van der Waals surface area contributed by atoms with E-state index in [0.717, 1.165) is 0 Å². The molecule has 4 heteroatoms. The molecular formula is C8H7BrFNO. The van der Waals surface area contributed by atoms with Crippen molar-refractivity contribution in [3.63, 3.8) is 0 Å². The summed E-state index contributed by atoms with van der Waals surface area (Å²) in [6.45, 7) is 2.88. The van der Waals surface area contributed by atoms with Crippen LogP contribution in [0.1, 0.15) is 23.0 Å². The van der Waals surface area contributed by atoms with E-state index >= 15 is 0 Å². The minimum atomic E-state index is -0.545. The van der Waals surface area contributed by atoms with Gasteiger partial charge in [-0.25, -0.2) is 9.37 Å². The maximum atomic E-state index is 13.2. The monoisotopic (exact) mass is 231 g/mol. The molecule has 0 saturated heterocycles. The summed E-state index contributed by atoms with van der Waals surface area (Å²) in [6.07, 6.45) is 1.43. The Morgan fingerprint density at radius 3 is 2.75 bits per heavy atom. The van der Waals surface area contributed by atoms with Crippen LogP contribution < -0.4 is 0 Å². The highest BCUT2D eigenvalue weighted by Crippen LogP contribution is 2.19. The van der Waals surface area contributed by atoms with E-state index in [-0.39, 0.29) is 11.5 Å². The van der Waals surface area contributed by atoms with Crippen LogP contribution in [0.3, 0.4) is 0 Å². The summed E-state index contributed by atoms with van der Waals surface area (Å²) >= 11 is 3.12. The molecular weight excluding hydrogens is 225 g/mol. The lowest BCUT2D eigenvalue weighted by molar-refractivity contribution is 0.100. The van der Waals surface area contributed by atoms with Crippen molar-refractivity contribution in [2.75, 3.05) is 0 Å². The molecule has 1 aromatic heterocycles. The van der Waals surface area contributed by atoms with Gasteiger partial charge in [0.05, 0.1) is 0 Å². The Morgan fingerprint density at radius 1 is 1.67 bits per heavy atom. The van der Waals surface area contributed by atoms with Crippen LogP contribution in [0.4, 0.5) is 4.39 Å². The van der Waals surface area contributed by atoms with Crippen molar-refractivity contribution in [2.24, 2.45) is 0 Å². The van der Waals surface area contributed by atoms with Crippen LogP contribution in [-0.2, 0) is 0 Å². The second-order valence-electron chi connectivity index (χ2n) is 2.45. The minimum Gasteiger partial charge on any atom is -0.293 e. The van der Waals surface area contributed by atoms with Gasteiger partial charge in [0, 0.05) is 23.2 Å². The molecule has 0 radical (unpaired) electrons. The molecule has 0 aromatic carbocycles. The quantitative estimate of drug-likeness (QED) is 0.696. The van der Waals surface area contributed by atoms with E-state index in [1.165, 1.54) is 13.1 Å². The number of aromatic nitrogens is 1. The lowest BCUT2D eigenvalue weighted by Gasteiger charge is -2.02. The fourth-order valence-electron chi connectivity index (χ4n) is 0.803. The molecule has 0 saturated carbocycles. The van der Waals surface area contributed by atoms with Gasteiger partial charge in [0.2, 0.25) is 0 Å². The molecule has 1 aromatic rings. The summed E-state index contributed by atoms with van der Waals surface area (Å²) in [7, 11) is 0. The fourth-order valence-corrected chi connectivity index (χ4v) is 1.08. The van der Waals surface area contributed by atoms with Gasteiger partial charge in [0.15, 0.2) is 11.6 Å². The highest BCUT2D eigenvalue weighted by atomic mass is 79.9. The molecule has 0 aliphatic rings. The first-order chi connectivity index (χ1) is 5.54. The SMILES string of the molecule is CC(=O)c1ncc(Br)c(C)c1F. The second-order valence-corrected chi connectivity index (χ2v) is 3.30. The van der Waals surface area contributed by atoms with Gasteiger partial charge in [-0.05, 0) is 22.9 Å². The lowest BCUT2D eigenvalue weighted by Crippen LogP contribution is -2.03. The average Bonchev–Trinajstić information content (AvgIpc) is 2.00. The number of carbonyl (C=O) groups is 1. The molecule has 1 rings (SSSR count). The summed E-state index contributed by atoms with van der Waals surface area (Å²) in [5.41, 5.74) is 0.311. The smallest absolute Gasteiger partial charge is 0.181 e. The van der Waals surface area contributed by atoms with Crippen molar-refractivity contribution in [1.82, 2.24) is 4.98 Å². The van der Waals surface area contributed by atoms with Crippen molar-refractivity contribution >= 4 is 21.7 Å². The Bertz CT molecular complexity index is 338. The lowest BCUT2D eigenvalue weighted by atomic mass is 10.2. The van der Waals surface area contributed by atoms with Gasteiger partial charge >= 0.3 is 0 Å². The first kappa shape index (κ1) is 9.32. The molecule has 0 bridgehead atoms. The molecule has 0 spiro atoms. The highest BCUT2D eigenvalue weighted by Gasteiger charge is 2.12. The van der Waals surface area contributed by atoms with Crippen LogP contribution in [0.2, 0.25) is 0 Å². The van der Waals surface area contributed by atoms with E-state index in [9.17, 15) is 9.18 Å². The van der Waals surface area contributed by atoms with Crippen LogP contribution in [0, 0.1) is 12.7 Å². The van der Waals surface area contributed by atoms with Gasteiger partial charge in [-0.1, -0.05) is 0 Å². The molecule has 1 heterocycles. The zero-order valence-electron chi connectivity index (χ0n) is 6.69. The first-order valence-corrected chi connectivity index (χ1v) is 4.15. The number of hydrogen-bond acceptors (Lipinski definition) is 2. The van der Waals surface area contributed by atoms with Gasteiger partial charge in [-0.15, -0.1) is 0 Å². The van der Waals surface area contributed by atoms with E-state index in [1.54, 1.807) is 6.92 Å². The molecule has 0 aliphatic heterocycles. The molecule has 12 heavy (non-hydrogen) atoms. The normalized spacial score (nSPS) is 10.0. The maximum absolute atomic E-state index is 13.2. The topological polar surface area (TPSA) is 30.0 Å². The van der Waals surface area contributed by atoms with Gasteiger partial charge < -0.3 is 0 Å². The van der Waals surface area contributed by atoms with Crippen LogP contribution in [0.15, 0.2) is 10.7 Å². The van der Waals surface area contributed by atoms with Crippen molar-refractivity contribution in [3.8, 4) is 0 Å². The predicted octanol–water partition coefficient (Wildman–Crippen LogP) is 2.49. The number of pyridine rings is 1. The molecule has 0 aliphatic carbocycles. The Kier molecular flexibility index (Phi) is 2.57. The molecule has 0 unspecified atom stereocenters. The zero-order chi connectivity index (χ0) is 9.30. The predicted molar refractivity (Wildman–Crippen MR) is 46.6 cm³/mol. The van der Waals surface area contributed by atoms with Gasteiger partial charge in [-0.3, -0.25) is 4.79 Å². The Labute approximate surface area is 77.9 Å². The van der Waals surface area contributed by atoms with Crippen LogP contribution in [0.25, 0.3) is 0 Å². The summed E-state index contributed by atoms with van der Waals surface area (Å²) in [6, 6.07) is 0. The third-order valence-electron chi connectivity index (χ3n) is 1.54. The van der Waals surface area contributed by atoms with E-state index in [1.807, 2.05) is 0 Å². The van der Waals surface area contributed by atoms with Crippen molar-refractivity contribution < 1.29 is 9.18 Å². The summed E-state index contributed by atoms with van der Waals surface area (Å²) in [4.78, 5) is 14.5. The molecule has 0 amide bonds. The molecule has 0 atom stereocenters. The van der Waals surface area contributed by atoms with E-state index in [4.69, 9.17) is 0 Å². The van der Waals surface area contributed by atoms with Gasteiger partial charge in [0.1, 0.15) is 5.69 Å². The van der Waals surface area contributed by atoms with Crippen molar-refractivity contribution in [3.05, 3.63) is 27.7 Å². The minimum absolute atomic E-state index is 0.101. The second kappa shape index (κ2) is 3.31. The Hall–Kier alpha value is -0.770. The van der Waals surface area contributed by atoms with E-state index < -0.39 is 5.82 Å². The third kappa shape index (κ3) is 1.53. The Balaban J connectivity index is 3.36. The van der Waals surface area contributed by atoms with Crippen molar-refractivity contribution in [1.29, 1.82) is 0 Å². The number of nitrogens with zero attached hydrogens (tertiary/aromatic N) is 1. The number of ketones is 1. The van der Waals surface area contributed by atoms with Crippen LogP contribution in [-0.4, -0.2) is 10.8 Å². The van der Waals surface area contributed by atoms with Crippen LogP contribution >= 0.6 is 15.9 Å². The summed E-state index contributed by atoms with van der Waals surface area (Å²) in [5.74, 6) is -0.903. The number of halogens is 2. The first-order valence-electron chi connectivity index (χ1n) is 3.35. The molecule has 2 nitrogen and oxygen atoms in total. The standard InChI is InChI=1S/C8H7BrFNO/c1-4-6(9)3-11-8(5(2)12)7(4)10/h3H,1-2H3. The van der Waals surface area contributed by atoms with E-state index in [0.29, 0.717) is 10.0 Å². The number of rotatable bonds is 1.